The number of fused-ring (bicyclic) bond motifs is 2. The molecule has 0 unspecified atom stereocenters. The maximum Gasteiger partial charge on any atom is 0.163 e. The summed E-state index contributed by atoms with van der Waals surface area (Å²) >= 11 is 18.6. The highest BCUT2D eigenvalue weighted by molar-refractivity contribution is 6.42. The molecule has 1 saturated carbocycles. The first kappa shape index (κ1) is 21.4. The molecular formula is C22H22Cl3N3O3. The molecule has 6 nitrogen and oxygen atoms in total. The number of aliphatic hydroxyl groups is 1. The molecule has 1 aromatic carbocycles. The van der Waals surface area contributed by atoms with Crippen LogP contribution in [0.25, 0.3) is 11.0 Å². The molecule has 3 aromatic rings. The van der Waals surface area contributed by atoms with Gasteiger partial charge >= 0.3 is 0 Å². The average molecular weight is 483 g/mol. The van der Waals surface area contributed by atoms with Gasteiger partial charge < -0.3 is 19.1 Å². The largest absolute Gasteiger partial charge is 0.385 e. The minimum atomic E-state index is -1.22. The Labute approximate surface area is 195 Å². The molecule has 0 bridgehead atoms. The van der Waals surface area contributed by atoms with Gasteiger partial charge in [0.25, 0.3) is 0 Å². The fourth-order valence-electron chi connectivity index (χ4n) is 5.01. The molecule has 3 heterocycles. The Bertz CT molecular complexity index is 1160. The molecule has 2 fully saturated rings. The molecule has 1 aliphatic heterocycles. The molecule has 164 valence electrons. The normalized spacial score (nSPS) is 29.3. The van der Waals surface area contributed by atoms with Crippen molar-refractivity contribution in [1.29, 1.82) is 0 Å². The molecule has 5 atom stereocenters. The average Bonchev–Trinajstić information content (AvgIpc) is 3.35. The van der Waals surface area contributed by atoms with Gasteiger partial charge in [-0.1, -0.05) is 40.9 Å². The van der Waals surface area contributed by atoms with E-state index < -0.39 is 11.4 Å². The topological polar surface area (TPSA) is 69.4 Å². The van der Waals surface area contributed by atoms with Crippen molar-refractivity contribution in [3.63, 3.8) is 0 Å². The lowest BCUT2D eigenvalue weighted by atomic mass is 9.80. The Morgan fingerprint density at radius 2 is 1.84 bits per heavy atom. The zero-order chi connectivity index (χ0) is 22.1. The van der Waals surface area contributed by atoms with Gasteiger partial charge in [0.1, 0.15) is 23.2 Å². The van der Waals surface area contributed by atoms with Crippen LogP contribution >= 0.6 is 34.8 Å². The Balaban J connectivity index is 1.58. The highest BCUT2D eigenvalue weighted by Crippen LogP contribution is 2.53. The molecule has 2 aliphatic rings. The molecule has 0 radical (unpaired) electrons. The fraction of sp³-hybridized carbons (Fsp3) is 0.455. The van der Waals surface area contributed by atoms with E-state index in [1.165, 1.54) is 6.33 Å². The second-order valence-electron chi connectivity index (χ2n) is 8.88. The van der Waals surface area contributed by atoms with E-state index in [2.05, 4.69) is 14.5 Å². The third-order valence-corrected chi connectivity index (χ3v) is 7.52. The fourth-order valence-corrected chi connectivity index (χ4v) is 5.50. The van der Waals surface area contributed by atoms with E-state index in [4.69, 9.17) is 44.3 Å². The maximum atomic E-state index is 11.7. The van der Waals surface area contributed by atoms with Gasteiger partial charge in [-0.2, -0.15) is 0 Å². The Morgan fingerprint density at radius 1 is 1.10 bits per heavy atom. The summed E-state index contributed by atoms with van der Waals surface area (Å²) in [5, 5.41) is 13.7. The second-order valence-corrected chi connectivity index (χ2v) is 10.0. The van der Waals surface area contributed by atoms with E-state index in [9.17, 15) is 5.11 Å². The molecule has 0 amide bonds. The standard InChI is InChI=1S/C22H22Cl3N3O3/c1-21(2)30-17-13(22(3,29)11-4-5-14(23)15(24)8-11)9-16(18(17)31-21)28-7-6-12-19(25)26-10-27-20(12)28/h4-8,10,13,16-18,29H,9H2,1-3H3/t13-,16+,17+,18-,22-/m0/s1. The van der Waals surface area contributed by atoms with E-state index in [-0.39, 0.29) is 24.2 Å². The van der Waals surface area contributed by atoms with Crippen molar-refractivity contribution >= 4 is 45.8 Å². The van der Waals surface area contributed by atoms with Gasteiger partial charge in [-0.15, -0.1) is 0 Å². The SMILES string of the molecule is CC1(C)O[C@@H]2[C@H](O1)[C@@H]([C@@](C)(O)c1ccc(Cl)c(Cl)c1)C[C@H]2n1ccc2c(Cl)ncnc21. The molecule has 2 aromatic heterocycles. The highest BCUT2D eigenvalue weighted by atomic mass is 35.5. The van der Waals surface area contributed by atoms with E-state index in [1.54, 1.807) is 25.1 Å². The van der Waals surface area contributed by atoms with Crippen LogP contribution in [0.15, 0.2) is 36.8 Å². The second kappa shape index (κ2) is 7.30. The number of benzene rings is 1. The van der Waals surface area contributed by atoms with Crippen molar-refractivity contribution < 1.29 is 14.6 Å². The summed E-state index contributed by atoms with van der Waals surface area (Å²) in [6, 6.07) is 7.01. The quantitative estimate of drug-likeness (QED) is 0.508. The summed E-state index contributed by atoms with van der Waals surface area (Å²) in [7, 11) is 0. The van der Waals surface area contributed by atoms with Crippen molar-refractivity contribution in [2.24, 2.45) is 5.92 Å². The minimum absolute atomic E-state index is 0.102. The highest BCUT2D eigenvalue weighted by Gasteiger charge is 2.59. The monoisotopic (exact) mass is 481 g/mol. The van der Waals surface area contributed by atoms with Crippen molar-refractivity contribution in [3.8, 4) is 0 Å². The predicted octanol–water partition coefficient (Wildman–Crippen LogP) is 5.38. The number of nitrogens with zero attached hydrogens (tertiary/aromatic N) is 3. The summed E-state index contributed by atoms with van der Waals surface area (Å²) in [5.41, 5.74) is 0.194. The number of ether oxygens (including phenoxy) is 2. The van der Waals surface area contributed by atoms with Crippen LogP contribution in [0, 0.1) is 5.92 Å². The lowest BCUT2D eigenvalue weighted by Gasteiger charge is -2.34. The molecule has 9 heteroatoms. The summed E-state index contributed by atoms with van der Waals surface area (Å²) in [6.07, 6.45) is 3.42. The lowest BCUT2D eigenvalue weighted by molar-refractivity contribution is -0.172. The summed E-state index contributed by atoms with van der Waals surface area (Å²) in [6.45, 7) is 5.57. The van der Waals surface area contributed by atoms with Gasteiger partial charge in [0.2, 0.25) is 0 Å². The lowest BCUT2D eigenvalue weighted by Crippen LogP contribution is -2.39. The van der Waals surface area contributed by atoms with Gasteiger partial charge in [0, 0.05) is 12.1 Å². The third-order valence-electron chi connectivity index (χ3n) is 6.48. The zero-order valence-corrected chi connectivity index (χ0v) is 19.5. The van der Waals surface area contributed by atoms with Crippen LogP contribution in [0.2, 0.25) is 15.2 Å². The maximum absolute atomic E-state index is 11.7. The number of hydrogen-bond donors (Lipinski definition) is 1. The molecular weight excluding hydrogens is 461 g/mol. The molecule has 0 spiro atoms. The molecule has 31 heavy (non-hydrogen) atoms. The van der Waals surface area contributed by atoms with E-state index in [1.807, 2.05) is 26.1 Å². The van der Waals surface area contributed by atoms with Gasteiger partial charge in [0.05, 0.1) is 33.2 Å². The number of hydrogen-bond acceptors (Lipinski definition) is 5. The van der Waals surface area contributed by atoms with E-state index in [0.717, 1.165) is 11.0 Å². The number of rotatable bonds is 3. The van der Waals surface area contributed by atoms with E-state index >= 15 is 0 Å². The minimum Gasteiger partial charge on any atom is -0.385 e. The van der Waals surface area contributed by atoms with Crippen LogP contribution in [-0.2, 0) is 15.1 Å². The predicted molar refractivity (Wildman–Crippen MR) is 120 cm³/mol. The van der Waals surface area contributed by atoms with Crippen molar-refractivity contribution in [3.05, 3.63) is 57.6 Å². The first-order valence-electron chi connectivity index (χ1n) is 10.1. The van der Waals surface area contributed by atoms with Gasteiger partial charge in [-0.3, -0.25) is 0 Å². The Kier molecular flexibility index (Phi) is 5.05. The first-order valence-corrected chi connectivity index (χ1v) is 11.2. The van der Waals surface area contributed by atoms with E-state index in [0.29, 0.717) is 27.2 Å². The van der Waals surface area contributed by atoms with Crippen molar-refractivity contribution in [2.75, 3.05) is 0 Å². The van der Waals surface area contributed by atoms with Crippen LogP contribution in [0.3, 0.4) is 0 Å². The van der Waals surface area contributed by atoms with Crippen molar-refractivity contribution in [1.82, 2.24) is 14.5 Å². The first-order chi connectivity index (χ1) is 14.6. The van der Waals surface area contributed by atoms with Crippen LogP contribution in [0.1, 0.15) is 38.8 Å². The Morgan fingerprint density at radius 3 is 2.58 bits per heavy atom. The number of halogens is 3. The van der Waals surface area contributed by atoms with Gasteiger partial charge in [0.15, 0.2) is 5.79 Å². The zero-order valence-electron chi connectivity index (χ0n) is 17.2. The molecule has 1 aliphatic carbocycles. The molecule has 1 saturated heterocycles. The van der Waals surface area contributed by atoms with Gasteiger partial charge in [-0.25, -0.2) is 9.97 Å². The number of aromatic nitrogens is 3. The van der Waals surface area contributed by atoms with Crippen molar-refractivity contribution in [2.45, 2.75) is 56.8 Å². The summed E-state index contributed by atoms with van der Waals surface area (Å²) < 4.78 is 14.7. The smallest absolute Gasteiger partial charge is 0.163 e. The Hall–Kier alpha value is -1.41. The van der Waals surface area contributed by atoms with Gasteiger partial charge in [-0.05, 0) is 51.0 Å². The summed E-state index contributed by atoms with van der Waals surface area (Å²) in [5.74, 6) is -1.02. The van der Waals surface area contributed by atoms with Crippen LogP contribution in [-0.4, -0.2) is 37.6 Å². The molecule has 1 N–H and O–H groups in total. The van der Waals surface area contributed by atoms with Crippen LogP contribution in [0.5, 0.6) is 0 Å². The summed E-state index contributed by atoms with van der Waals surface area (Å²) in [4.78, 5) is 8.51. The third kappa shape index (κ3) is 3.45. The van der Waals surface area contributed by atoms with Crippen LogP contribution in [0.4, 0.5) is 0 Å². The van der Waals surface area contributed by atoms with Crippen LogP contribution < -0.4 is 0 Å². The molecule has 5 rings (SSSR count).